The van der Waals surface area contributed by atoms with E-state index < -0.39 is 0 Å². The summed E-state index contributed by atoms with van der Waals surface area (Å²) >= 11 is 0. The summed E-state index contributed by atoms with van der Waals surface area (Å²) in [6.07, 6.45) is 24.3. The first kappa shape index (κ1) is 16.0. The Labute approximate surface area is 138 Å². The van der Waals surface area contributed by atoms with E-state index in [1.165, 1.54) is 48.8 Å². The fourth-order valence-electron chi connectivity index (χ4n) is 5.33. The third-order valence-electron chi connectivity index (χ3n) is 6.70. The number of rotatable bonds is 5. The number of allylic oxidation sites excluding steroid dienone is 8. The van der Waals surface area contributed by atoms with Crippen LogP contribution in [0.5, 0.6) is 0 Å². The van der Waals surface area contributed by atoms with Crippen LogP contribution in [-0.2, 0) is 0 Å². The second-order valence-electron chi connectivity index (χ2n) is 7.60. The fraction of sp³-hybridized carbons (Fsp3) is 0.600. The van der Waals surface area contributed by atoms with Gasteiger partial charge >= 0.3 is 0 Å². The molecule has 0 saturated heterocycles. The Morgan fingerprint density at radius 3 is 2.82 bits per heavy atom. The average molecular weight is 314 g/mol. The highest BCUT2D eigenvalue weighted by atomic mass is 28.1. The van der Waals surface area contributed by atoms with Gasteiger partial charge in [0, 0.05) is 10.2 Å². The summed E-state index contributed by atoms with van der Waals surface area (Å²) in [4.78, 5) is 0. The number of fused-ring (bicyclic) bond motifs is 1. The highest BCUT2D eigenvalue weighted by molar-refractivity contribution is 6.19. The minimum atomic E-state index is 0.319. The third kappa shape index (κ3) is 2.32. The highest BCUT2D eigenvalue weighted by Crippen LogP contribution is 2.68. The summed E-state index contributed by atoms with van der Waals surface area (Å²) < 4.78 is 0. The van der Waals surface area contributed by atoms with E-state index in [1.807, 2.05) is 0 Å². The van der Waals surface area contributed by atoms with Crippen molar-refractivity contribution in [3.05, 3.63) is 48.1 Å². The molecule has 0 radical (unpaired) electrons. The molecule has 2 N–H and O–H groups in total. The van der Waals surface area contributed by atoms with Crippen molar-refractivity contribution in [3.63, 3.8) is 0 Å². The molecule has 0 bridgehead atoms. The number of hydrogen-bond acceptors (Lipinski definition) is 1. The topological polar surface area (TPSA) is 26.0 Å². The van der Waals surface area contributed by atoms with Crippen LogP contribution in [0.25, 0.3) is 0 Å². The standard InChI is InChI=1S/C20H31NSi/c1-2-3-11-19(12-7-4-8-13-19)20(22)17(15-21)14-16-9-5-6-10-18(16)20/h4-8,10,12,16-17H,2-3,9,11,13-15,21H2,1,22H3. The lowest BCUT2D eigenvalue weighted by Gasteiger charge is -2.51. The Morgan fingerprint density at radius 1 is 1.27 bits per heavy atom. The van der Waals surface area contributed by atoms with Crippen molar-refractivity contribution in [2.24, 2.45) is 23.0 Å². The highest BCUT2D eigenvalue weighted by Gasteiger charge is 2.57. The normalized spacial score (nSPS) is 40.0. The molecule has 0 aliphatic heterocycles. The molecule has 4 unspecified atom stereocenters. The molecule has 2 heteroatoms. The Balaban J connectivity index is 2.06. The van der Waals surface area contributed by atoms with Crippen LogP contribution >= 0.6 is 0 Å². The second-order valence-corrected chi connectivity index (χ2v) is 9.18. The van der Waals surface area contributed by atoms with Crippen molar-refractivity contribution in [1.29, 1.82) is 0 Å². The van der Waals surface area contributed by atoms with E-state index in [2.05, 4.69) is 49.5 Å². The zero-order valence-electron chi connectivity index (χ0n) is 14.2. The van der Waals surface area contributed by atoms with Gasteiger partial charge in [0.1, 0.15) is 0 Å². The number of nitrogens with two attached hydrogens (primary N) is 1. The SMILES string of the molecule is CCCCC1(C2([SiH3])C3=CC=CCC3CC2CN)C=CC=CC1. The average Bonchev–Trinajstić information content (AvgIpc) is 2.88. The van der Waals surface area contributed by atoms with Crippen molar-refractivity contribution in [2.45, 2.75) is 50.5 Å². The van der Waals surface area contributed by atoms with Crippen LogP contribution in [0, 0.1) is 17.3 Å². The summed E-state index contributed by atoms with van der Waals surface area (Å²) in [5, 5.41) is 0.355. The molecular formula is C20H31NSi. The van der Waals surface area contributed by atoms with Crippen LogP contribution in [-0.4, -0.2) is 16.8 Å². The first-order valence-corrected chi connectivity index (χ1v) is 10.1. The lowest BCUT2D eigenvalue weighted by molar-refractivity contribution is 0.208. The van der Waals surface area contributed by atoms with Crippen LogP contribution in [0.15, 0.2) is 48.1 Å². The molecule has 3 aliphatic rings. The van der Waals surface area contributed by atoms with E-state index in [-0.39, 0.29) is 0 Å². The largest absolute Gasteiger partial charge is 0.330 e. The van der Waals surface area contributed by atoms with Crippen LogP contribution in [0.4, 0.5) is 0 Å². The van der Waals surface area contributed by atoms with Crippen LogP contribution < -0.4 is 5.73 Å². The summed E-state index contributed by atoms with van der Waals surface area (Å²) in [6.45, 7) is 3.17. The maximum atomic E-state index is 6.29. The molecule has 3 rings (SSSR count). The molecule has 0 heterocycles. The van der Waals surface area contributed by atoms with Gasteiger partial charge in [-0.15, -0.1) is 0 Å². The van der Waals surface area contributed by atoms with Gasteiger partial charge in [-0.3, -0.25) is 0 Å². The first-order chi connectivity index (χ1) is 10.7. The van der Waals surface area contributed by atoms with E-state index in [9.17, 15) is 0 Å². The monoisotopic (exact) mass is 313 g/mol. The molecule has 4 atom stereocenters. The van der Waals surface area contributed by atoms with Gasteiger partial charge in [0.15, 0.2) is 0 Å². The number of hydrogen-bond donors (Lipinski definition) is 1. The molecule has 120 valence electrons. The molecule has 1 saturated carbocycles. The van der Waals surface area contributed by atoms with Gasteiger partial charge < -0.3 is 5.73 Å². The Kier molecular flexibility index (Phi) is 4.61. The van der Waals surface area contributed by atoms with Gasteiger partial charge in [-0.25, -0.2) is 0 Å². The lowest BCUT2D eigenvalue weighted by atomic mass is 9.61. The molecule has 3 aliphatic carbocycles. The fourth-order valence-corrected chi connectivity index (χ4v) is 6.99. The van der Waals surface area contributed by atoms with E-state index in [4.69, 9.17) is 5.73 Å². The summed E-state index contributed by atoms with van der Waals surface area (Å²) in [6, 6.07) is 0. The summed E-state index contributed by atoms with van der Waals surface area (Å²) in [5.41, 5.74) is 8.35. The molecule has 1 nitrogen and oxygen atoms in total. The quantitative estimate of drug-likeness (QED) is 0.770. The van der Waals surface area contributed by atoms with E-state index in [1.54, 1.807) is 5.57 Å². The van der Waals surface area contributed by atoms with E-state index in [0.29, 0.717) is 16.4 Å². The molecule has 1 fully saturated rings. The maximum Gasteiger partial charge on any atom is 0.0173 e. The first-order valence-electron chi connectivity index (χ1n) is 9.09. The third-order valence-corrected chi connectivity index (χ3v) is 9.09. The van der Waals surface area contributed by atoms with Crippen molar-refractivity contribution < 1.29 is 0 Å². The van der Waals surface area contributed by atoms with Gasteiger partial charge in [0.25, 0.3) is 0 Å². The molecular weight excluding hydrogens is 282 g/mol. The second kappa shape index (κ2) is 6.33. The van der Waals surface area contributed by atoms with Gasteiger partial charge in [-0.2, -0.15) is 0 Å². The van der Waals surface area contributed by atoms with Crippen LogP contribution in [0.2, 0.25) is 5.04 Å². The molecule has 22 heavy (non-hydrogen) atoms. The van der Waals surface area contributed by atoms with Gasteiger partial charge in [0.2, 0.25) is 0 Å². The molecule has 0 aromatic rings. The van der Waals surface area contributed by atoms with Gasteiger partial charge in [-0.1, -0.05) is 67.9 Å². The molecule has 0 spiro atoms. The minimum absolute atomic E-state index is 0.319. The van der Waals surface area contributed by atoms with Crippen LogP contribution in [0.3, 0.4) is 0 Å². The van der Waals surface area contributed by atoms with Crippen LogP contribution in [0.1, 0.15) is 45.4 Å². The zero-order chi connectivity index (χ0) is 15.6. The van der Waals surface area contributed by atoms with E-state index >= 15 is 0 Å². The lowest BCUT2D eigenvalue weighted by Crippen LogP contribution is -2.42. The van der Waals surface area contributed by atoms with Gasteiger partial charge in [-0.05, 0) is 54.5 Å². The van der Waals surface area contributed by atoms with Crippen molar-refractivity contribution in [1.82, 2.24) is 0 Å². The Morgan fingerprint density at radius 2 is 2.14 bits per heavy atom. The van der Waals surface area contributed by atoms with Crippen molar-refractivity contribution in [3.8, 4) is 0 Å². The van der Waals surface area contributed by atoms with E-state index in [0.717, 1.165) is 12.5 Å². The van der Waals surface area contributed by atoms with Crippen molar-refractivity contribution >= 4 is 10.2 Å². The predicted octanol–water partition coefficient (Wildman–Crippen LogP) is 3.68. The number of unbranched alkanes of at least 4 members (excludes halogenated alkanes) is 1. The molecule has 0 amide bonds. The summed E-state index contributed by atoms with van der Waals surface area (Å²) in [5.74, 6) is 1.43. The van der Waals surface area contributed by atoms with Gasteiger partial charge in [0.05, 0.1) is 0 Å². The van der Waals surface area contributed by atoms with Crippen molar-refractivity contribution in [2.75, 3.05) is 6.54 Å². The molecule has 0 aromatic heterocycles. The Bertz CT molecular complexity index is 530. The smallest absolute Gasteiger partial charge is 0.0173 e. The Hall–Kier alpha value is -0.863. The zero-order valence-corrected chi connectivity index (χ0v) is 16.2. The predicted molar refractivity (Wildman–Crippen MR) is 100.0 cm³/mol. The minimum Gasteiger partial charge on any atom is -0.330 e. The maximum absolute atomic E-state index is 6.29. The molecule has 0 aromatic carbocycles. The summed E-state index contributed by atoms with van der Waals surface area (Å²) in [7, 11) is 1.21.